The number of anilines is 1. The van der Waals surface area contributed by atoms with Crippen LogP contribution < -0.4 is 20.5 Å². The first-order valence-electron chi connectivity index (χ1n) is 18.7. The Morgan fingerprint density at radius 2 is 1.35 bits per heavy atom. The van der Waals surface area contributed by atoms with Crippen molar-refractivity contribution in [2.75, 3.05) is 12.4 Å². The van der Waals surface area contributed by atoms with Gasteiger partial charge in [-0.25, -0.2) is 9.18 Å². The lowest BCUT2D eigenvalue weighted by Gasteiger charge is -2.38. The van der Waals surface area contributed by atoms with E-state index < -0.39 is 41.2 Å². The topological polar surface area (TPSA) is 105 Å². The highest BCUT2D eigenvalue weighted by molar-refractivity contribution is 5.96. The highest BCUT2D eigenvalue weighted by atomic mass is 19.4. The van der Waals surface area contributed by atoms with Crippen LogP contribution in [0.5, 0.6) is 11.5 Å². The molecule has 0 saturated heterocycles. The van der Waals surface area contributed by atoms with Gasteiger partial charge in [-0.3, -0.25) is 18.5 Å². The normalized spacial score (nSPS) is 11.8. The maximum absolute atomic E-state index is 14.5. The molecular formula is C46H36F4N6O4. The summed E-state index contributed by atoms with van der Waals surface area (Å²) in [5.41, 5.74) is 0.863. The fraction of sp³-hybridized carbons (Fsp3) is 0.130. The van der Waals surface area contributed by atoms with E-state index in [2.05, 4.69) is 15.5 Å². The van der Waals surface area contributed by atoms with Crippen molar-refractivity contribution in [2.24, 2.45) is 7.05 Å². The molecule has 6 aromatic carbocycles. The van der Waals surface area contributed by atoms with E-state index in [9.17, 15) is 27.2 Å². The fourth-order valence-corrected chi connectivity index (χ4v) is 7.66. The number of benzene rings is 6. The number of rotatable bonds is 12. The van der Waals surface area contributed by atoms with Gasteiger partial charge in [0.05, 0.1) is 23.7 Å². The van der Waals surface area contributed by atoms with Crippen LogP contribution in [0.25, 0.3) is 22.2 Å². The highest BCUT2D eigenvalue weighted by Crippen LogP contribution is 2.43. The summed E-state index contributed by atoms with van der Waals surface area (Å²) in [5, 5.41) is 11.4. The molecule has 0 fully saturated rings. The Hall–Kier alpha value is -7.48. The number of ether oxygens (including phenoxy) is 2. The predicted octanol–water partition coefficient (Wildman–Crippen LogP) is 8.82. The average molecular weight is 813 g/mol. The molecule has 0 aliphatic heterocycles. The third kappa shape index (κ3) is 7.27. The Morgan fingerprint density at radius 3 is 1.92 bits per heavy atom. The molecule has 2 aromatic heterocycles. The van der Waals surface area contributed by atoms with Crippen LogP contribution in [0.1, 0.15) is 28.1 Å². The number of alkyl halides is 3. The Balaban J connectivity index is 1.17. The first-order valence-corrected chi connectivity index (χ1v) is 18.7. The molecule has 0 saturated carbocycles. The van der Waals surface area contributed by atoms with Gasteiger partial charge >= 0.3 is 11.9 Å². The van der Waals surface area contributed by atoms with Gasteiger partial charge in [-0.15, -0.1) is 10.2 Å². The van der Waals surface area contributed by atoms with Crippen LogP contribution in [0, 0.1) is 5.82 Å². The van der Waals surface area contributed by atoms with E-state index in [1.165, 1.54) is 36.9 Å². The van der Waals surface area contributed by atoms with E-state index in [-0.39, 0.29) is 40.4 Å². The van der Waals surface area contributed by atoms with E-state index in [4.69, 9.17) is 9.47 Å². The summed E-state index contributed by atoms with van der Waals surface area (Å²) >= 11 is 0. The molecule has 0 atom stereocenters. The molecular weight excluding hydrogens is 777 g/mol. The molecule has 302 valence electrons. The molecule has 14 heteroatoms. The summed E-state index contributed by atoms with van der Waals surface area (Å²) in [4.78, 5) is 26.6. The number of nitrogens with zero attached hydrogens (tertiary/aromatic N) is 5. The number of aromatic nitrogens is 5. The summed E-state index contributed by atoms with van der Waals surface area (Å²) in [7, 11) is 2.83. The standard InChI is InChI=1S/C46H36F4N6O4/c1-54-43-37(25-34(46(48,49)50)26-38(43)55(44(54)58)27-42(57)52-36-21-19-35(47)20-22-36)30-18-23-39(40(24-30)59-2)60-28-41-53-51-29-56(41)45(31-12-6-3-7-13-31,32-14-8-4-9-15-32)33-16-10-5-11-17-33/h3-26,29H,27-28H2,1-2H3,(H,52,57). The number of carbonyl (C=O) groups excluding carboxylic acids is 1. The van der Waals surface area contributed by atoms with Crippen LogP contribution in [0.4, 0.5) is 23.2 Å². The number of halogens is 4. The fourth-order valence-electron chi connectivity index (χ4n) is 7.66. The van der Waals surface area contributed by atoms with Gasteiger partial charge in [-0.1, -0.05) is 97.1 Å². The molecule has 10 nitrogen and oxygen atoms in total. The molecule has 0 spiro atoms. The van der Waals surface area contributed by atoms with Gasteiger partial charge in [-0.2, -0.15) is 13.2 Å². The van der Waals surface area contributed by atoms with Crippen LogP contribution in [0.2, 0.25) is 0 Å². The first-order chi connectivity index (χ1) is 29.0. The Bertz CT molecular complexity index is 2760. The van der Waals surface area contributed by atoms with Crippen molar-refractivity contribution in [3.05, 3.63) is 196 Å². The molecule has 60 heavy (non-hydrogen) atoms. The van der Waals surface area contributed by atoms with Crippen LogP contribution in [0.3, 0.4) is 0 Å². The van der Waals surface area contributed by atoms with Crippen molar-refractivity contribution in [2.45, 2.75) is 24.9 Å². The summed E-state index contributed by atoms with van der Waals surface area (Å²) in [6.45, 7) is -0.676. The minimum absolute atomic E-state index is 0.0695. The molecule has 2 heterocycles. The van der Waals surface area contributed by atoms with Crippen molar-refractivity contribution < 1.29 is 31.8 Å². The SMILES string of the molecule is COc1cc(-c2cc(C(F)(F)F)cc3c2n(C)c(=O)n3CC(=O)Nc2ccc(F)cc2)ccc1OCc1nncn1C(c1ccccc1)(c1ccccc1)c1ccccc1. The van der Waals surface area contributed by atoms with E-state index in [0.29, 0.717) is 11.4 Å². The molecule has 1 N–H and O–H groups in total. The highest BCUT2D eigenvalue weighted by Gasteiger charge is 2.40. The number of carbonyl (C=O) groups is 1. The van der Waals surface area contributed by atoms with Crippen LogP contribution >= 0.6 is 0 Å². The zero-order valence-electron chi connectivity index (χ0n) is 32.2. The van der Waals surface area contributed by atoms with Crippen LogP contribution in [-0.4, -0.2) is 36.9 Å². The summed E-state index contributed by atoms with van der Waals surface area (Å²) in [6.07, 6.45) is -3.14. The number of methoxy groups -OCH3 is 1. The zero-order valence-corrected chi connectivity index (χ0v) is 32.2. The number of imidazole rings is 1. The lowest BCUT2D eigenvalue weighted by molar-refractivity contribution is -0.137. The van der Waals surface area contributed by atoms with Crippen molar-refractivity contribution in [1.29, 1.82) is 0 Å². The molecule has 8 rings (SSSR count). The zero-order chi connectivity index (χ0) is 42.0. The smallest absolute Gasteiger partial charge is 0.416 e. The van der Waals surface area contributed by atoms with Gasteiger partial charge in [0.2, 0.25) is 5.91 Å². The van der Waals surface area contributed by atoms with E-state index in [0.717, 1.165) is 45.5 Å². The molecule has 0 radical (unpaired) electrons. The van der Waals surface area contributed by atoms with Gasteiger partial charge in [-0.05, 0) is 70.8 Å². The second kappa shape index (κ2) is 16.0. The lowest BCUT2D eigenvalue weighted by atomic mass is 9.76. The number of fused-ring (bicyclic) bond motifs is 1. The molecule has 0 unspecified atom stereocenters. The molecule has 1 amide bonds. The van der Waals surface area contributed by atoms with Gasteiger partial charge < -0.3 is 14.8 Å². The van der Waals surface area contributed by atoms with E-state index >= 15 is 0 Å². The summed E-state index contributed by atoms with van der Waals surface area (Å²) < 4.78 is 73.0. The lowest BCUT2D eigenvalue weighted by Crippen LogP contribution is -2.38. The van der Waals surface area contributed by atoms with Gasteiger partial charge in [0.15, 0.2) is 17.3 Å². The average Bonchev–Trinajstić information content (AvgIpc) is 3.83. The molecule has 8 aromatic rings. The number of aryl methyl sites for hydroxylation is 1. The Labute approximate surface area is 340 Å². The number of hydrogen-bond donors (Lipinski definition) is 1. The van der Waals surface area contributed by atoms with Gasteiger partial charge in [0.25, 0.3) is 0 Å². The third-order valence-corrected chi connectivity index (χ3v) is 10.4. The first kappa shape index (κ1) is 39.4. The largest absolute Gasteiger partial charge is 0.493 e. The van der Waals surface area contributed by atoms with Crippen molar-refractivity contribution in [3.63, 3.8) is 0 Å². The second-order valence-corrected chi connectivity index (χ2v) is 14.0. The second-order valence-electron chi connectivity index (χ2n) is 14.0. The quantitative estimate of drug-likeness (QED) is 0.0977. The van der Waals surface area contributed by atoms with Gasteiger partial charge in [0.1, 0.15) is 30.8 Å². The molecule has 0 aliphatic carbocycles. The van der Waals surface area contributed by atoms with Gasteiger partial charge in [0, 0.05) is 18.3 Å². The Morgan fingerprint density at radius 1 is 0.750 bits per heavy atom. The van der Waals surface area contributed by atoms with Crippen LogP contribution in [-0.2, 0) is 36.7 Å². The minimum Gasteiger partial charge on any atom is -0.493 e. The van der Waals surface area contributed by atoms with E-state index in [1.807, 2.05) is 95.6 Å². The summed E-state index contributed by atoms with van der Waals surface area (Å²) in [6, 6.07) is 41.4. The van der Waals surface area contributed by atoms with Crippen molar-refractivity contribution in [1.82, 2.24) is 23.9 Å². The monoisotopic (exact) mass is 812 g/mol. The molecule has 0 bridgehead atoms. The molecule has 0 aliphatic rings. The number of amides is 1. The van der Waals surface area contributed by atoms with E-state index in [1.54, 1.807) is 18.5 Å². The number of nitrogens with one attached hydrogen (secondary N) is 1. The minimum atomic E-state index is -4.80. The van der Waals surface area contributed by atoms with Crippen LogP contribution in [0.15, 0.2) is 157 Å². The maximum Gasteiger partial charge on any atom is 0.416 e. The Kier molecular flexibility index (Phi) is 10.5. The van der Waals surface area contributed by atoms with Crippen molar-refractivity contribution >= 4 is 22.6 Å². The third-order valence-electron chi connectivity index (χ3n) is 10.4. The maximum atomic E-state index is 14.5. The number of hydrogen-bond acceptors (Lipinski definition) is 6. The predicted molar refractivity (Wildman–Crippen MR) is 218 cm³/mol. The summed E-state index contributed by atoms with van der Waals surface area (Å²) in [5.74, 6) is -0.265. The van der Waals surface area contributed by atoms with Crippen molar-refractivity contribution in [3.8, 4) is 22.6 Å².